The second kappa shape index (κ2) is 7.77. The fraction of sp³-hybridized carbons (Fsp3) is 0.647. The van der Waals surface area contributed by atoms with Crippen LogP contribution >= 0.6 is 0 Å². The van der Waals surface area contributed by atoms with Crippen molar-refractivity contribution in [3.63, 3.8) is 0 Å². The normalized spacial score (nSPS) is 21.4. The molecule has 3 nitrogen and oxygen atoms in total. The van der Waals surface area contributed by atoms with Gasteiger partial charge in [-0.15, -0.1) is 0 Å². The Labute approximate surface area is 123 Å². The van der Waals surface area contributed by atoms with Gasteiger partial charge in [0.25, 0.3) is 0 Å². The molecule has 1 heterocycles. The zero-order valence-electron chi connectivity index (χ0n) is 12.8. The van der Waals surface area contributed by atoms with E-state index in [1.165, 1.54) is 12.8 Å². The molecule has 0 aromatic heterocycles. The molecular weight excluding hydrogens is 248 g/mol. The Morgan fingerprint density at radius 2 is 2.05 bits per heavy atom. The largest absolute Gasteiger partial charge is 0.387 e. The molecule has 1 aliphatic heterocycles. The van der Waals surface area contributed by atoms with E-state index in [0.29, 0.717) is 12.0 Å². The van der Waals surface area contributed by atoms with Crippen molar-refractivity contribution in [1.82, 2.24) is 10.2 Å². The highest BCUT2D eigenvalue weighted by molar-refractivity contribution is 5.17. The Hall–Kier alpha value is -0.900. The SMILES string of the molecule is CC(C)N(CC1CCCNC1)CC(O)c1ccccc1. The van der Waals surface area contributed by atoms with Crippen LogP contribution in [0, 0.1) is 5.92 Å². The zero-order chi connectivity index (χ0) is 14.4. The number of nitrogens with one attached hydrogen (secondary N) is 1. The van der Waals surface area contributed by atoms with Gasteiger partial charge in [0.15, 0.2) is 0 Å². The van der Waals surface area contributed by atoms with Crippen molar-refractivity contribution >= 4 is 0 Å². The van der Waals surface area contributed by atoms with E-state index in [1.807, 2.05) is 30.3 Å². The fourth-order valence-corrected chi connectivity index (χ4v) is 2.91. The number of hydrogen-bond donors (Lipinski definition) is 2. The molecule has 1 saturated heterocycles. The average Bonchev–Trinajstić information content (AvgIpc) is 2.48. The summed E-state index contributed by atoms with van der Waals surface area (Å²) >= 11 is 0. The summed E-state index contributed by atoms with van der Waals surface area (Å²) in [7, 11) is 0. The molecule has 2 unspecified atom stereocenters. The first-order chi connectivity index (χ1) is 9.66. The van der Waals surface area contributed by atoms with Crippen LogP contribution in [0.1, 0.15) is 38.4 Å². The summed E-state index contributed by atoms with van der Waals surface area (Å²) in [4.78, 5) is 2.41. The zero-order valence-corrected chi connectivity index (χ0v) is 12.8. The highest BCUT2D eigenvalue weighted by Crippen LogP contribution is 2.18. The van der Waals surface area contributed by atoms with E-state index >= 15 is 0 Å². The van der Waals surface area contributed by atoms with Crippen LogP contribution in [0.5, 0.6) is 0 Å². The maximum Gasteiger partial charge on any atom is 0.0917 e. The van der Waals surface area contributed by atoms with Gasteiger partial charge < -0.3 is 10.4 Å². The van der Waals surface area contributed by atoms with E-state index in [9.17, 15) is 5.11 Å². The molecule has 2 rings (SSSR count). The lowest BCUT2D eigenvalue weighted by atomic mass is 9.98. The lowest BCUT2D eigenvalue weighted by molar-refractivity contribution is 0.0806. The van der Waals surface area contributed by atoms with E-state index in [4.69, 9.17) is 0 Å². The highest BCUT2D eigenvalue weighted by atomic mass is 16.3. The van der Waals surface area contributed by atoms with Gasteiger partial charge in [0.2, 0.25) is 0 Å². The van der Waals surface area contributed by atoms with Gasteiger partial charge in [-0.1, -0.05) is 30.3 Å². The summed E-state index contributed by atoms with van der Waals surface area (Å²) in [6, 6.07) is 10.4. The first-order valence-electron chi connectivity index (χ1n) is 7.84. The van der Waals surface area contributed by atoms with Gasteiger partial charge in [-0.2, -0.15) is 0 Å². The average molecular weight is 276 g/mol. The lowest BCUT2D eigenvalue weighted by Gasteiger charge is -2.34. The second-order valence-corrected chi connectivity index (χ2v) is 6.19. The molecule has 1 aliphatic rings. The van der Waals surface area contributed by atoms with Gasteiger partial charge in [-0.25, -0.2) is 0 Å². The number of rotatable bonds is 6. The minimum atomic E-state index is -0.393. The molecular formula is C17H28N2O. The number of nitrogens with zero attached hydrogens (tertiary/aromatic N) is 1. The van der Waals surface area contributed by atoms with Crippen LogP contribution in [0.15, 0.2) is 30.3 Å². The van der Waals surface area contributed by atoms with Gasteiger partial charge in [0.05, 0.1) is 6.10 Å². The summed E-state index contributed by atoms with van der Waals surface area (Å²) in [5.41, 5.74) is 1.01. The van der Waals surface area contributed by atoms with Crippen molar-refractivity contribution in [3.05, 3.63) is 35.9 Å². The predicted octanol–water partition coefficient (Wildman–Crippen LogP) is 2.43. The molecule has 2 atom stereocenters. The Morgan fingerprint density at radius 3 is 2.65 bits per heavy atom. The molecule has 1 fully saturated rings. The molecule has 1 aromatic rings. The van der Waals surface area contributed by atoms with Crippen molar-refractivity contribution in [3.8, 4) is 0 Å². The van der Waals surface area contributed by atoms with E-state index in [-0.39, 0.29) is 0 Å². The van der Waals surface area contributed by atoms with Gasteiger partial charge in [0, 0.05) is 19.1 Å². The van der Waals surface area contributed by atoms with Crippen LogP contribution in [-0.4, -0.2) is 42.2 Å². The third-order valence-electron chi connectivity index (χ3n) is 4.21. The molecule has 0 bridgehead atoms. The number of hydrogen-bond acceptors (Lipinski definition) is 3. The lowest BCUT2D eigenvalue weighted by Crippen LogP contribution is -2.42. The standard InChI is InChI=1S/C17H28N2O/c1-14(2)19(12-15-7-6-10-18-11-15)13-17(20)16-8-4-3-5-9-16/h3-5,8-9,14-15,17-18,20H,6-7,10-13H2,1-2H3. The van der Waals surface area contributed by atoms with Crippen LogP contribution in [-0.2, 0) is 0 Å². The molecule has 0 saturated carbocycles. The number of benzene rings is 1. The number of aliphatic hydroxyl groups is 1. The molecule has 0 spiro atoms. The Morgan fingerprint density at radius 1 is 1.30 bits per heavy atom. The van der Waals surface area contributed by atoms with E-state index in [0.717, 1.165) is 31.7 Å². The minimum absolute atomic E-state index is 0.393. The predicted molar refractivity (Wildman–Crippen MR) is 83.7 cm³/mol. The van der Waals surface area contributed by atoms with Gasteiger partial charge in [-0.05, 0) is 51.3 Å². The van der Waals surface area contributed by atoms with Gasteiger partial charge >= 0.3 is 0 Å². The summed E-state index contributed by atoms with van der Waals surface area (Å²) in [5.74, 6) is 0.717. The summed E-state index contributed by atoms with van der Waals surface area (Å²) < 4.78 is 0. The monoisotopic (exact) mass is 276 g/mol. The molecule has 20 heavy (non-hydrogen) atoms. The van der Waals surface area contributed by atoms with Crippen LogP contribution < -0.4 is 5.32 Å². The van der Waals surface area contributed by atoms with E-state index in [2.05, 4.69) is 24.1 Å². The maximum absolute atomic E-state index is 10.4. The van der Waals surface area contributed by atoms with Crippen LogP contribution in [0.2, 0.25) is 0 Å². The van der Waals surface area contributed by atoms with Crippen molar-refractivity contribution < 1.29 is 5.11 Å². The third-order valence-corrected chi connectivity index (χ3v) is 4.21. The van der Waals surface area contributed by atoms with Gasteiger partial charge in [0.1, 0.15) is 0 Å². The van der Waals surface area contributed by atoms with Crippen molar-refractivity contribution in [2.45, 2.75) is 38.8 Å². The molecule has 0 amide bonds. The summed E-state index contributed by atoms with van der Waals surface area (Å²) in [6.45, 7) is 8.50. The van der Waals surface area contributed by atoms with Crippen molar-refractivity contribution in [1.29, 1.82) is 0 Å². The molecule has 112 valence electrons. The first kappa shape index (κ1) is 15.5. The van der Waals surface area contributed by atoms with Crippen LogP contribution in [0.25, 0.3) is 0 Å². The summed E-state index contributed by atoms with van der Waals surface area (Å²) in [6.07, 6.45) is 2.19. The molecule has 0 radical (unpaired) electrons. The molecule has 2 N–H and O–H groups in total. The van der Waals surface area contributed by atoms with E-state index in [1.54, 1.807) is 0 Å². The summed E-state index contributed by atoms with van der Waals surface area (Å²) in [5, 5.41) is 13.9. The molecule has 0 aliphatic carbocycles. The minimum Gasteiger partial charge on any atom is -0.387 e. The van der Waals surface area contributed by atoms with Crippen molar-refractivity contribution in [2.75, 3.05) is 26.2 Å². The first-order valence-corrected chi connectivity index (χ1v) is 7.84. The number of aliphatic hydroxyl groups excluding tert-OH is 1. The van der Waals surface area contributed by atoms with Crippen LogP contribution in [0.4, 0.5) is 0 Å². The topological polar surface area (TPSA) is 35.5 Å². The Bertz CT molecular complexity index is 374. The van der Waals surface area contributed by atoms with Gasteiger partial charge in [-0.3, -0.25) is 4.90 Å². The van der Waals surface area contributed by atoms with Crippen LogP contribution in [0.3, 0.4) is 0 Å². The smallest absolute Gasteiger partial charge is 0.0917 e. The second-order valence-electron chi connectivity index (χ2n) is 6.19. The van der Waals surface area contributed by atoms with Crippen molar-refractivity contribution in [2.24, 2.45) is 5.92 Å². The third kappa shape index (κ3) is 4.58. The highest BCUT2D eigenvalue weighted by Gasteiger charge is 2.21. The number of piperidine rings is 1. The molecule has 3 heteroatoms. The Balaban J connectivity index is 1.91. The van der Waals surface area contributed by atoms with E-state index < -0.39 is 6.10 Å². The quantitative estimate of drug-likeness (QED) is 0.837. The molecule has 1 aromatic carbocycles. The maximum atomic E-state index is 10.4. The fourth-order valence-electron chi connectivity index (χ4n) is 2.91. The Kier molecular flexibility index (Phi) is 6.02.